The van der Waals surface area contributed by atoms with E-state index in [2.05, 4.69) is 31.2 Å². The Kier molecular flexibility index (Phi) is 4.77. The number of likely N-dealkylation sites (tertiary alicyclic amines) is 1. The van der Waals surface area contributed by atoms with Gasteiger partial charge in [-0.1, -0.05) is 11.6 Å². The molecule has 0 saturated carbocycles. The lowest BCUT2D eigenvalue weighted by molar-refractivity contribution is -0.130. The van der Waals surface area contributed by atoms with E-state index in [9.17, 15) is 4.79 Å². The predicted octanol–water partition coefficient (Wildman–Crippen LogP) is 2.32. The van der Waals surface area contributed by atoms with Gasteiger partial charge >= 0.3 is 0 Å². The van der Waals surface area contributed by atoms with Crippen LogP contribution in [-0.2, 0) is 4.79 Å². The number of aromatic nitrogens is 2. The molecule has 1 aromatic rings. The Morgan fingerprint density at radius 1 is 1.39 bits per heavy atom. The Hall–Kier alpha value is -0.880. The minimum absolute atomic E-state index is 0.0938. The summed E-state index contributed by atoms with van der Waals surface area (Å²) in [6.45, 7) is 1.93. The first kappa shape index (κ1) is 13.5. The number of halogens is 2. The number of carbonyl (C=O) groups excluding carboxylic acids is 1. The van der Waals surface area contributed by atoms with Crippen LogP contribution in [0.15, 0.2) is 10.8 Å². The summed E-state index contributed by atoms with van der Waals surface area (Å²) in [7, 11) is 0. The molecule has 0 bridgehead atoms. The summed E-state index contributed by atoms with van der Waals surface area (Å²) in [6.07, 6.45) is 4.76. The van der Waals surface area contributed by atoms with Crippen LogP contribution in [0.5, 0.6) is 0 Å². The Morgan fingerprint density at radius 2 is 2.11 bits per heavy atom. The van der Waals surface area contributed by atoms with E-state index in [4.69, 9.17) is 11.6 Å². The molecule has 1 amide bonds. The molecule has 1 aromatic heterocycles. The van der Waals surface area contributed by atoms with Gasteiger partial charge in [0.1, 0.15) is 17.3 Å². The van der Waals surface area contributed by atoms with E-state index in [-0.39, 0.29) is 12.5 Å². The van der Waals surface area contributed by atoms with Crippen molar-refractivity contribution in [2.24, 2.45) is 0 Å². The van der Waals surface area contributed by atoms with Crippen LogP contribution in [0, 0.1) is 0 Å². The van der Waals surface area contributed by atoms with Gasteiger partial charge in [-0.3, -0.25) is 4.79 Å². The number of carbonyl (C=O) groups is 1. The minimum Gasteiger partial charge on any atom is -0.360 e. The average molecular weight is 334 g/mol. The van der Waals surface area contributed by atoms with Crippen LogP contribution in [0.3, 0.4) is 0 Å². The summed E-state index contributed by atoms with van der Waals surface area (Å²) >= 11 is 9.13. The predicted molar refractivity (Wildman–Crippen MR) is 73.7 cm³/mol. The smallest absolute Gasteiger partial charge is 0.241 e. The van der Waals surface area contributed by atoms with Crippen molar-refractivity contribution in [1.82, 2.24) is 14.9 Å². The van der Waals surface area contributed by atoms with E-state index >= 15 is 0 Å². The van der Waals surface area contributed by atoms with Crippen molar-refractivity contribution in [3.05, 3.63) is 16.0 Å². The maximum Gasteiger partial charge on any atom is 0.241 e. The quantitative estimate of drug-likeness (QED) is 0.863. The van der Waals surface area contributed by atoms with Gasteiger partial charge in [0.25, 0.3) is 0 Å². The third kappa shape index (κ3) is 3.32. The van der Waals surface area contributed by atoms with Crippen molar-refractivity contribution in [3.63, 3.8) is 0 Å². The largest absolute Gasteiger partial charge is 0.360 e. The van der Waals surface area contributed by atoms with Crippen LogP contribution in [0.1, 0.15) is 19.3 Å². The molecule has 1 fully saturated rings. The van der Waals surface area contributed by atoms with Crippen LogP contribution in [0.2, 0.25) is 5.15 Å². The van der Waals surface area contributed by atoms with Gasteiger partial charge in [-0.2, -0.15) is 0 Å². The van der Waals surface area contributed by atoms with E-state index in [1.807, 2.05) is 4.90 Å². The fourth-order valence-electron chi connectivity index (χ4n) is 1.89. The molecule has 1 saturated heterocycles. The summed E-state index contributed by atoms with van der Waals surface area (Å²) < 4.78 is 0.582. The third-order valence-electron chi connectivity index (χ3n) is 2.86. The topological polar surface area (TPSA) is 58.1 Å². The van der Waals surface area contributed by atoms with Gasteiger partial charge in [0, 0.05) is 13.1 Å². The third-order valence-corrected chi connectivity index (χ3v) is 4.13. The average Bonchev–Trinajstić information content (AvgIpc) is 2.41. The molecule has 1 N–H and O–H groups in total. The first-order chi connectivity index (χ1) is 8.68. The molecule has 1 aliphatic heterocycles. The molecule has 2 heterocycles. The molecule has 0 spiro atoms. The first-order valence-electron chi connectivity index (χ1n) is 5.86. The van der Waals surface area contributed by atoms with Crippen LogP contribution >= 0.6 is 27.5 Å². The van der Waals surface area contributed by atoms with Crippen molar-refractivity contribution in [3.8, 4) is 0 Å². The second-order valence-corrected chi connectivity index (χ2v) is 5.27. The Bertz CT molecular complexity index is 437. The number of nitrogens with one attached hydrogen (secondary N) is 1. The number of anilines is 1. The molecular formula is C11H14BrClN4O. The monoisotopic (exact) mass is 332 g/mol. The van der Waals surface area contributed by atoms with Gasteiger partial charge in [-0.05, 0) is 35.2 Å². The van der Waals surface area contributed by atoms with Gasteiger partial charge in [0.2, 0.25) is 5.91 Å². The lowest BCUT2D eigenvalue weighted by atomic mass is 10.1. The second kappa shape index (κ2) is 6.33. The highest BCUT2D eigenvalue weighted by Gasteiger charge is 2.16. The zero-order valence-electron chi connectivity index (χ0n) is 9.83. The highest BCUT2D eigenvalue weighted by Crippen LogP contribution is 2.25. The lowest BCUT2D eigenvalue weighted by Gasteiger charge is -2.26. The molecule has 1 aliphatic rings. The molecule has 98 valence electrons. The summed E-state index contributed by atoms with van der Waals surface area (Å²) in [6, 6.07) is 0. The van der Waals surface area contributed by atoms with E-state index in [0.717, 1.165) is 25.9 Å². The van der Waals surface area contributed by atoms with Crippen molar-refractivity contribution in [2.75, 3.05) is 25.0 Å². The maximum absolute atomic E-state index is 11.9. The Morgan fingerprint density at radius 3 is 2.83 bits per heavy atom. The zero-order chi connectivity index (χ0) is 13.0. The molecule has 0 aliphatic carbocycles. The van der Waals surface area contributed by atoms with E-state index in [1.54, 1.807) is 0 Å². The number of hydrogen-bond acceptors (Lipinski definition) is 4. The van der Waals surface area contributed by atoms with Crippen LogP contribution in [-0.4, -0.2) is 40.4 Å². The number of nitrogens with zero attached hydrogens (tertiary/aromatic N) is 3. The second-order valence-electron chi connectivity index (χ2n) is 4.12. The highest BCUT2D eigenvalue weighted by atomic mass is 79.9. The van der Waals surface area contributed by atoms with Crippen molar-refractivity contribution >= 4 is 39.3 Å². The van der Waals surface area contributed by atoms with Crippen LogP contribution in [0.25, 0.3) is 0 Å². The van der Waals surface area contributed by atoms with Crippen LogP contribution in [0.4, 0.5) is 5.82 Å². The number of piperidine rings is 1. The van der Waals surface area contributed by atoms with Gasteiger partial charge in [0.05, 0.1) is 11.0 Å². The molecule has 0 unspecified atom stereocenters. The summed E-state index contributed by atoms with van der Waals surface area (Å²) in [5.41, 5.74) is 0. The fraction of sp³-hybridized carbons (Fsp3) is 0.545. The van der Waals surface area contributed by atoms with Gasteiger partial charge in [0.15, 0.2) is 0 Å². The molecule has 0 radical (unpaired) electrons. The summed E-state index contributed by atoms with van der Waals surface area (Å²) in [5.74, 6) is 0.636. The first-order valence-corrected chi connectivity index (χ1v) is 7.03. The van der Waals surface area contributed by atoms with E-state index in [0.29, 0.717) is 15.4 Å². The van der Waals surface area contributed by atoms with Gasteiger partial charge in [-0.15, -0.1) is 0 Å². The van der Waals surface area contributed by atoms with Crippen LogP contribution < -0.4 is 5.32 Å². The van der Waals surface area contributed by atoms with Crippen molar-refractivity contribution < 1.29 is 4.79 Å². The molecule has 2 rings (SSSR count). The molecule has 18 heavy (non-hydrogen) atoms. The number of rotatable bonds is 3. The van der Waals surface area contributed by atoms with E-state index < -0.39 is 0 Å². The maximum atomic E-state index is 11.9. The van der Waals surface area contributed by atoms with Crippen molar-refractivity contribution in [2.45, 2.75) is 19.3 Å². The van der Waals surface area contributed by atoms with E-state index in [1.165, 1.54) is 12.7 Å². The Labute approximate surface area is 119 Å². The normalized spacial score (nSPS) is 15.6. The molecular weight excluding hydrogens is 320 g/mol. The minimum atomic E-state index is 0.0938. The molecule has 5 nitrogen and oxygen atoms in total. The zero-order valence-corrected chi connectivity index (χ0v) is 12.2. The summed E-state index contributed by atoms with van der Waals surface area (Å²) in [5, 5.41) is 3.31. The lowest BCUT2D eigenvalue weighted by Crippen LogP contribution is -2.39. The Balaban J connectivity index is 1.90. The van der Waals surface area contributed by atoms with Gasteiger partial charge < -0.3 is 10.2 Å². The van der Waals surface area contributed by atoms with Gasteiger partial charge in [-0.25, -0.2) is 9.97 Å². The standard InChI is InChI=1S/C11H14BrClN4O/c12-9-10(13)15-7-16-11(9)14-6-8(18)17-4-2-1-3-5-17/h7H,1-6H2,(H,14,15,16). The SMILES string of the molecule is O=C(CNc1ncnc(Cl)c1Br)N1CCCCC1. The fourth-order valence-corrected chi connectivity index (χ4v) is 2.36. The molecule has 0 aromatic carbocycles. The highest BCUT2D eigenvalue weighted by molar-refractivity contribution is 9.10. The molecule has 7 heteroatoms. The van der Waals surface area contributed by atoms with Crippen molar-refractivity contribution in [1.29, 1.82) is 0 Å². The summed E-state index contributed by atoms with van der Waals surface area (Å²) in [4.78, 5) is 21.7. The molecule has 0 atom stereocenters. The number of amides is 1. The number of hydrogen-bond donors (Lipinski definition) is 1.